The van der Waals surface area contributed by atoms with E-state index in [1.807, 2.05) is 0 Å². The van der Waals surface area contributed by atoms with Crippen LogP contribution in [0, 0.1) is 5.82 Å². The number of carbonyl (C=O) groups is 2. The van der Waals surface area contributed by atoms with Gasteiger partial charge in [-0.2, -0.15) is 0 Å². The second kappa shape index (κ2) is 5.29. The number of nitrogens with one attached hydrogen (secondary N) is 2. The molecular weight excluding hydrogens is 227 g/mol. The number of anilines is 2. The van der Waals surface area contributed by atoms with Gasteiger partial charge in [-0.1, -0.05) is 0 Å². The maximum absolute atomic E-state index is 13.4. The predicted molar refractivity (Wildman–Crippen MR) is 61.4 cm³/mol. The van der Waals surface area contributed by atoms with Crippen LogP contribution in [0.4, 0.5) is 15.8 Å². The zero-order valence-electron chi connectivity index (χ0n) is 9.45. The zero-order valence-corrected chi connectivity index (χ0v) is 9.45. The molecule has 1 amide bonds. The second-order valence-corrected chi connectivity index (χ2v) is 3.58. The first-order valence-corrected chi connectivity index (χ1v) is 4.96. The molecular formula is C11H13FN2O3. The van der Waals surface area contributed by atoms with Gasteiger partial charge < -0.3 is 15.7 Å². The van der Waals surface area contributed by atoms with E-state index in [4.69, 9.17) is 5.11 Å². The van der Waals surface area contributed by atoms with Gasteiger partial charge in [-0.3, -0.25) is 9.59 Å². The van der Waals surface area contributed by atoms with Gasteiger partial charge in [0, 0.05) is 12.6 Å². The number of hydrogen-bond acceptors (Lipinski definition) is 3. The number of carboxylic acids is 1. The lowest BCUT2D eigenvalue weighted by Crippen LogP contribution is -2.25. The van der Waals surface area contributed by atoms with Gasteiger partial charge in [0.15, 0.2) is 0 Å². The number of carboxylic acid groups (broad SMARTS) is 1. The van der Waals surface area contributed by atoms with E-state index in [-0.39, 0.29) is 11.6 Å². The third kappa shape index (κ3) is 3.75. The van der Waals surface area contributed by atoms with Crippen LogP contribution in [-0.4, -0.2) is 23.0 Å². The zero-order chi connectivity index (χ0) is 13.0. The molecule has 92 valence electrons. The molecule has 0 aliphatic rings. The predicted octanol–water partition coefficient (Wildman–Crippen LogP) is 1.67. The van der Waals surface area contributed by atoms with Crippen molar-refractivity contribution in [2.75, 3.05) is 10.6 Å². The third-order valence-electron chi connectivity index (χ3n) is 2.03. The highest BCUT2D eigenvalue weighted by molar-refractivity contribution is 5.89. The largest absolute Gasteiger partial charge is 0.480 e. The lowest BCUT2D eigenvalue weighted by atomic mass is 10.2. The van der Waals surface area contributed by atoms with Crippen LogP contribution in [0.25, 0.3) is 0 Å². The Kier molecular flexibility index (Phi) is 4.03. The van der Waals surface area contributed by atoms with Crippen LogP contribution in [-0.2, 0) is 9.59 Å². The van der Waals surface area contributed by atoms with Crippen molar-refractivity contribution in [2.45, 2.75) is 19.9 Å². The molecule has 6 heteroatoms. The van der Waals surface area contributed by atoms with E-state index in [2.05, 4.69) is 10.6 Å². The van der Waals surface area contributed by atoms with Crippen LogP contribution in [0.15, 0.2) is 18.2 Å². The van der Waals surface area contributed by atoms with Gasteiger partial charge in [-0.15, -0.1) is 0 Å². The first kappa shape index (κ1) is 13.0. The molecule has 0 radical (unpaired) electrons. The third-order valence-corrected chi connectivity index (χ3v) is 2.03. The highest BCUT2D eigenvalue weighted by Crippen LogP contribution is 2.20. The summed E-state index contributed by atoms with van der Waals surface area (Å²) in [5.41, 5.74) is 0.435. The van der Waals surface area contributed by atoms with Crippen molar-refractivity contribution >= 4 is 23.3 Å². The Hall–Kier alpha value is -2.11. The summed E-state index contributed by atoms with van der Waals surface area (Å²) in [6.07, 6.45) is 0. The van der Waals surface area contributed by atoms with Crippen molar-refractivity contribution in [3.63, 3.8) is 0 Å². The molecule has 3 N–H and O–H groups in total. The number of benzene rings is 1. The normalized spacial score (nSPS) is 11.7. The van der Waals surface area contributed by atoms with E-state index in [9.17, 15) is 14.0 Å². The van der Waals surface area contributed by atoms with Crippen molar-refractivity contribution in [1.29, 1.82) is 0 Å². The Bertz CT molecular complexity index is 448. The van der Waals surface area contributed by atoms with Crippen LogP contribution in [0.2, 0.25) is 0 Å². The van der Waals surface area contributed by atoms with E-state index < -0.39 is 17.8 Å². The molecule has 1 unspecified atom stereocenters. The highest BCUT2D eigenvalue weighted by Gasteiger charge is 2.13. The minimum absolute atomic E-state index is 0.0335. The SMILES string of the molecule is CC(=O)Nc1ccc(F)c(NC(C)C(=O)O)c1. The van der Waals surface area contributed by atoms with E-state index in [0.717, 1.165) is 6.07 Å². The molecule has 1 atom stereocenters. The average Bonchev–Trinajstić information content (AvgIpc) is 2.22. The number of amides is 1. The van der Waals surface area contributed by atoms with E-state index in [1.54, 1.807) is 0 Å². The first-order chi connectivity index (χ1) is 7.90. The quantitative estimate of drug-likeness (QED) is 0.748. The molecule has 0 spiro atoms. The maximum Gasteiger partial charge on any atom is 0.325 e. The standard InChI is InChI=1S/C11H13FN2O3/c1-6(11(16)17)13-10-5-8(14-7(2)15)3-4-9(10)12/h3-6,13H,1-2H3,(H,14,15)(H,16,17). The van der Waals surface area contributed by atoms with Crippen molar-refractivity contribution < 1.29 is 19.1 Å². The minimum atomic E-state index is -1.09. The Labute approximate surface area is 97.6 Å². The fourth-order valence-corrected chi connectivity index (χ4v) is 1.21. The topological polar surface area (TPSA) is 78.4 Å². The molecule has 1 aromatic carbocycles. The van der Waals surface area contributed by atoms with Crippen LogP contribution < -0.4 is 10.6 Å². The summed E-state index contributed by atoms with van der Waals surface area (Å²) >= 11 is 0. The number of aliphatic carboxylic acids is 1. The van der Waals surface area contributed by atoms with Crippen LogP contribution in [0.3, 0.4) is 0 Å². The fraction of sp³-hybridized carbons (Fsp3) is 0.273. The Balaban J connectivity index is 2.90. The van der Waals surface area contributed by atoms with Gasteiger partial charge in [-0.25, -0.2) is 4.39 Å². The van der Waals surface area contributed by atoms with Crippen molar-refractivity contribution in [3.8, 4) is 0 Å². The molecule has 17 heavy (non-hydrogen) atoms. The van der Waals surface area contributed by atoms with Crippen LogP contribution >= 0.6 is 0 Å². The van der Waals surface area contributed by atoms with Crippen LogP contribution in [0.1, 0.15) is 13.8 Å². The Morgan fingerprint density at radius 2 is 2.06 bits per heavy atom. The molecule has 0 fully saturated rings. The second-order valence-electron chi connectivity index (χ2n) is 3.58. The van der Waals surface area contributed by atoms with E-state index in [1.165, 1.54) is 26.0 Å². The van der Waals surface area contributed by atoms with Crippen molar-refractivity contribution in [1.82, 2.24) is 0 Å². The van der Waals surface area contributed by atoms with Gasteiger partial charge in [0.25, 0.3) is 0 Å². The number of carbonyl (C=O) groups excluding carboxylic acids is 1. The fourth-order valence-electron chi connectivity index (χ4n) is 1.21. The molecule has 0 heterocycles. The molecule has 5 nitrogen and oxygen atoms in total. The summed E-state index contributed by atoms with van der Waals surface area (Å²) in [4.78, 5) is 21.4. The summed E-state index contributed by atoms with van der Waals surface area (Å²) in [7, 11) is 0. The monoisotopic (exact) mass is 240 g/mol. The smallest absolute Gasteiger partial charge is 0.325 e. The first-order valence-electron chi connectivity index (χ1n) is 4.96. The summed E-state index contributed by atoms with van der Waals surface area (Å²) in [5, 5.41) is 13.7. The number of halogens is 1. The summed E-state index contributed by atoms with van der Waals surface area (Å²) < 4.78 is 13.4. The maximum atomic E-state index is 13.4. The van der Waals surface area contributed by atoms with Gasteiger partial charge in [0.1, 0.15) is 11.9 Å². The minimum Gasteiger partial charge on any atom is -0.480 e. The average molecular weight is 240 g/mol. The van der Waals surface area contributed by atoms with Crippen molar-refractivity contribution in [2.24, 2.45) is 0 Å². The van der Waals surface area contributed by atoms with Gasteiger partial charge in [-0.05, 0) is 25.1 Å². The van der Waals surface area contributed by atoms with Crippen LogP contribution in [0.5, 0.6) is 0 Å². The molecule has 1 rings (SSSR count). The van der Waals surface area contributed by atoms with Gasteiger partial charge in [0.05, 0.1) is 5.69 Å². The van der Waals surface area contributed by atoms with Crippen molar-refractivity contribution in [3.05, 3.63) is 24.0 Å². The molecule has 1 aromatic rings. The van der Waals surface area contributed by atoms with Gasteiger partial charge in [0.2, 0.25) is 5.91 Å². The van der Waals surface area contributed by atoms with E-state index in [0.29, 0.717) is 5.69 Å². The van der Waals surface area contributed by atoms with E-state index >= 15 is 0 Å². The molecule has 0 saturated heterocycles. The summed E-state index contributed by atoms with van der Waals surface area (Å²) in [6.45, 7) is 2.73. The molecule has 0 saturated carbocycles. The molecule has 0 bridgehead atoms. The molecule has 0 aliphatic heterocycles. The lowest BCUT2D eigenvalue weighted by molar-refractivity contribution is -0.137. The highest BCUT2D eigenvalue weighted by atomic mass is 19.1. The molecule has 0 aliphatic carbocycles. The lowest BCUT2D eigenvalue weighted by Gasteiger charge is -2.13. The van der Waals surface area contributed by atoms with Gasteiger partial charge >= 0.3 is 5.97 Å². The molecule has 0 aromatic heterocycles. The summed E-state index contributed by atoms with van der Waals surface area (Å²) in [6, 6.07) is 2.98. The number of rotatable bonds is 4. The number of hydrogen-bond donors (Lipinski definition) is 3. The Morgan fingerprint density at radius 3 is 2.59 bits per heavy atom. The summed E-state index contributed by atoms with van der Waals surface area (Å²) in [5.74, 6) is -1.95. The Morgan fingerprint density at radius 1 is 1.41 bits per heavy atom.